The lowest BCUT2D eigenvalue weighted by Gasteiger charge is -2.24. The van der Waals surface area contributed by atoms with Crippen molar-refractivity contribution in [2.45, 2.75) is 64.7 Å². The highest BCUT2D eigenvalue weighted by Gasteiger charge is 2.30. The minimum absolute atomic E-state index is 0.0492. The molecular formula is C34H41ClN2O7. The molecule has 1 aliphatic rings. The molecule has 2 aromatic rings. The quantitative estimate of drug-likeness (QED) is 0.394. The SMILES string of the molecule is COc1ccc(C[C@H]2NC(=O)C=CCC(CC=Cc3ccccc3)OC(=O)[C@H](CC(C)C)OC(=O)[C@H](C)CNC2=O)cc1Cl. The maximum Gasteiger partial charge on any atom is 0.347 e. The summed E-state index contributed by atoms with van der Waals surface area (Å²) in [6.07, 6.45) is 6.03. The zero-order valence-corrected chi connectivity index (χ0v) is 26.3. The van der Waals surface area contributed by atoms with Gasteiger partial charge >= 0.3 is 11.9 Å². The van der Waals surface area contributed by atoms with Crippen molar-refractivity contribution >= 4 is 41.4 Å². The summed E-state index contributed by atoms with van der Waals surface area (Å²) in [6.45, 7) is 5.38. The molecule has 0 aliphatic carbocycles. The second-order valence-corrected chi connectivity index (χ2v) is 11.6. The first-order valence-corrected chi connectivity index (χ1v) is 15.1. The summed E-state index contributed by atoms with van der Waals surface area (Å²) in [5, 5.41) is 5.84. The van der Waals surface area contributed by atoms with Gasteiger partial charge in [-0.3, -0.25) is 14.4 Å². The molecule has 3 rings (SSSR count). The summed E-state index contributed by atoms with van der Waals surface area (Å²) in [7, 11) is 1.50. The number of amides is 2. The van der Waals surface area contributed by atoms with E-state index in [-0.39, 0.29) is 31.7 Å². The molecule has 0 saturated carbocycles. The molecule has 0 fully saturated rings. The first-order chi connectivity index (χ1) is 21.0. The molecule has 1 aliphatic heterocycles. The van der Waals surface area contributed by atoms with Gasteiger partial charge in [0, 0.05) is 25.8 Å². The van der Waals surface area contributed by atoms with Crippen molar-refractivity contribution in [3.8, 4) is 5.75 Å². The Morgan fingerprint density at radius 3 is 2.48 bits per heavy atom. The fourth-order valence-corrected chi connectivity index (χ4v) is 4.80. The maximum atomic E-state index is 13.2. The smallest absolute Gasteiger partial charge is 0.347 e. The third kappa shape index (κ3) is 11.2. The van der Waals surface area contributed by atoms with Crippen molar-refractivity contribution in [3.63, 3.8) is 0 Å². The third-order valence-corrected chi connectivity index (χ3v) is 7.24. The summed E-state index contributed by atoms with van der Waals surface area (Å²) in [4.78, 5) is 52.4. The van der Waals surface area contributed by atoms with E-state index < -0.39 is 47.9 Å². The summed E-state index contributed by atoms with van der Waals surface area (Å²) in [5.74, 6) is -2.48. The molecule has 2 N–H and O–H groups in total. The molecule has 0 bridgehead atoms. The van der Waals surface area contributed by atoms with E-state index >= 15 is 0 Å². The van der Waals surface area contributed by atoms with Crippen LogP contribution in [0.4, 0.5) is 0 Å². The molecule has 0 spiro atoms. The van der Waals surface area contributed by atoms with Crippen LogP contribution in [0, 0.1) is 11.8 Å². The molecule has 0 saturated heterocycles. The number of esters is 2. The first-order valence-electron chi connectivity index (χ1n) is 14.8. The van der Waals surface area contributed by atoms with Gasteiger partial charge in [0.2, 0.25) is 11.8 Å². The van der Waals surface area contributed by atoms with Crippen LogP contribution in [0.15, 0.2) is 66.8 Å². The van der Waals surface area contributed by atoms with Crippen LogP contribution in [0.2, 0.25) is 5.02 Å². The molecule has 9 nitrogen and oxygen atoms in total. The number of cyclic esters (lactones) is 2. The Labute approximate surface area is 264 Å². The van der Waals surface area contributed by atoms with E-state index in [4.69, 9.17) is 25.8 Å². The number of methoxy groups -OCH3 is 1. The van der Waals surface area contributed by atoms with Crippen LogP contribution in [0.1, 0.15) is 51.2 Å². The van der Waals surface area contributed by atoms with Gasteiger partial charge < -0.3 is 24.8 Å². The van der Waals surface area contributed by atoms with Crippen molar-refractivity contribution in [2.24, 2.45) is 11.8 Å². The maximum absolute atomic E-state index is 13.2. The minimum Gasteiger partial charge on any atom is -0.495 e. The fraction of sp³-hybridized carbons (Fsp3) is 0.412. The summed E-state index contributed by atoms with van der Waals surface area (Å²) < 4.78 is 16.7. The molecule has 4 atom stereocenters. The van der Waals surface area contributed by atoms with Crippen molar-refractivity contribution in [3.05, 3.63) is 82.9 Å². The Kier molecular flexibility index (Phi) is 13.5. The van der Waals surface area contributed by atoms with Crippen LogP contribution in [-0.2, 0) is 35.1 Å². The zero-order valence-electron chi connectivity index (χ0n) is 25.6. The Bertz CT molecular complexity index is 1340. The van der Waals surface area contributed by atoms with E-state index in [0.717, 1.165) is 5.56 Å². The number of hydrogen-bond donors (Lipinski definition) is 2. The Morgan fingerprint density at radius 2 is 1.80 bits per heavy atom. The lowest BCUT2D eigenvalue weighted by molar-refractivity contribution is -0.174. The number of benzene rings is 2. The molecular weight excluding hydrogens is 584 g/mol. The number of carbonyl (C=O) groups is 4. The van der Waals surface area contributed by atoms with Gasteiger partial charge in [0.15, 0.2) is 6.10 Å². The molecule has 0 aromatic heterocycles. The lowest BCUT2D eigenvalue weighted by atomic mass is 10.0. The monoisotopic (exact) mass is 624 g/mol. The molecule has 2 amide bonds. The van der Waals surface area contributed by atoms with E-state index in [1.165, 1.54) is 13.2 Å². The van der Waals surface area contributed by atoms with Crippen LogP contribution in [0.3, 0.4) is 0 Å². The number of ether oxygens (including phenoxy) is 3. The number of hydrogen-bond acceptors (Lipinski definition) is 7. The minimum atomic E-state index is -1.10. The number of halogens is 1. The Morgan fingerprint density at radius 1 is 1.05 bits per heavy atom. The molecule has 236 valence electrons. The molecule has 1 unspecified atom stereocenters. The van der Waals surface area contributed by atoms with Crippen molar-refractivity contribution in [1.82, 2.24) is 10.6 Å². The first kappa shape index (κ1) is 34.4. The Hall–Kier alpha value is -4.11. The van der Waals surface area contributed by atoms with Gasteiger partial charge in [0.1, 0.15) is 17.9 Å². The van der Waals surface area contributed by atoms with Crippen LogP contribution in [0.25, 0.3) is 6.08 Å². The van der Waals surface area contributed by atoms with Gasteiger partial charge in [-0.1, -0.05) is 87.0 Å². The highest BCUT2D eigenvalue weighted by molar-refractivity contribution is 6.32. The molecule has 0 radical (unpaired) electrons. The Balaban J connectivity index is 1.85. The lowest BCUT2D eigenvalue weighted by Crippen LogP contribution is -2.49. The predicted molar refractivity (Wildman–Crippen MR) is 169 cm³/mol. The normalized spacial score (nSPS) is 22.3. The number of nitrogens with one attached hydrogen (secondary N) is 2. The highest BCUT2D eigenvalue weighted by atomic mass is 35.5. The van der Waals surface area contributed by atoms with E-state index in [1.54, 1.807) is 31.2 Å². The summed E-state index contributed by atoms with van der Waals surface area (Å²) >= 11 is 6.28. The summed E-state index contributed by atoms with van der Waals surface area (Å²) in [6, 6.07) is 13.9. The van der Waals surface area contributed by atoms with E-state index in [1.807, 2.05) is 56.3 Å². The molecule has 2 aromatic carbocycles. The largest absolute Gasteiger partial charge is 0.495 e. The third-order valence-electron chi connectivity index (χ3n) is 6.94. The second-order valence-electron chi connectivity index (χ2n) is 11.2. The molecule has 10 heteroatoms. The van der Waals surface area contributed by atoms with Gasteiger partial charge in [-0.05, 0) is 41.7 Å². The average Bonchev–Trinajstić information content (AvgIpc) is 2.98. The van der Waals surface area contributed by atoms with E-state index in [9.17, 15) is 19.2 Å². The van der Waals surface area contributed by atoms with Gasteiger partial charge in [0.05, 0.1) is 18.1 Å². The average molecular weight is 625 g/mol. The van der Waals surface area contributed by atoms with Crippen molar-refractivity contribution < 1.29 is 33.4 Å². The van der Waals surface area contributed by atoms with Gasteiger partial charge in [-0.25, -0.2) is 4.79 Å². The number of rotatable bonds is 8. The van der Waals surface area contributed by atoms with Crippen LogP contribution in [0.5, 0.6) is 5.75 Å². The fourth-order valence-electron chi connectivity index (χ4n) is 4.52. The van der Waals surface area contributed by atoms with Crippen LogP contribution in [-0.4, -0.2) is 55.7 Å². The predicted octanol–water partition coefficient (Wildman–Crippen LogP) is 5.06. The van der Waals surface area contributed by atoms with Crippen LogP contribution < -0.4 is 15.4 Å². The topological polar surface area (TPSA) is 120 Å². The van der Waals surface area contributed by atoms with Crippen molar-refractivity contribution in [2.75, 3.05) is 13.7 Å². The summed E-state index contributed by atoms with van der Waals surface area (Å²) in [5.41, 5.74) is 1.70. The number of carbonyl (C=O) groups excluding carboxylic acids is 4. The van der Waals surface area contributed by atoms with Gasteiger partial charge in [-0.2, -0.15) is 0 Å². The zero-order chi connectivity index (χ0) is 32.1. The van der Waals surface area contributed by atoms with E-state index in [2.05, 4.69) is 10.6 Å². The second kappa shape index (κ2) is 17.3. The van der Waals surface area contributed by atoms with E-state index in [0.29, 0.717) is 22.8 Å². The van der Waals surface area contributed by atoms with Gasteiger partial charge in [-0.15, -0.1) is 0 Å². The molecule has 1 heterocycles. The standard InChI is InChI=1S/C34H41ClN2O7/c1-22(2)18-30-34(41)43-26(13-8-12-24-10-6-5-7-11-24)14-9-15-31(38)37-28(32(39)36-21-23(3)33(40)44-30)20-25-16-17-29(42-4)27(35)19-25/h5-12,15-17,19,22-23,26,28,30H,13-14,18,20-21H2,1-4H3,(H,36,39)(H,37,38)/t23-,26?,28-,30+/m1/s1. The van der Waals surface area contributed by atoms with Crippen LogP contribution >= 0.6 is 11.6 Å². The molecule has 44 heavy (non-hydrogen) atoms. The van der Waals surface area contributed by atoms with Gasteiger partial charge in [0.25, 0.3) is 0 Å². The van der Waals surface area contributed by atoms with Crippen molar-refractivity contribution in [1.29, 1.82) is 0 Å². The highest BCUT2D eigenvalue weighted by Crippen LogP contribution is 2.25.